The summed E-state index contributed by atoms with van der Waals surface area (Å²) in [6, 6.07) is 18.4. The van der Waals surface area contributed by atoms with Crippen LogP contribution in [-0.4, -0.2) is 5.11 Å². The zero-order chi connectivity index (χ0) is 13.9. The molecular weight excluding hydrogens is 266 g/mol. The molecule has 0 aliphatic heterocycles. The maximum Gasteiger partial charge on any atom is 0.115 e. The third kappa shape index (κ3) is 2.84. The molecule has 0 saturated carbocycles. The number of hydrogen-bond acceptors (Lipinski definition) is 3. The molecule has 0 amide bonds. The van der Waals surface area contributed by atoms with Gasteiger partial charge in [-0.05, 0) is 42.1 Å². The molecule has 0 spiro atoms. The van der Waals surface area contributed by atoms with Crippen LogP contribution in [0.25, 0.3) is 10.1 Å². The van der Waals surface area contributed by atoms with Crippen molar-refractivity contribution in [1.82, 2.24) is 5.32 Å². The van der Waals surface area contributed by atoms with Crippen molar-refractivity contribution in [2.75, 3.05) is 0 Å². The molecule has 0 aliphatic rings. The van der Waals surface area contributed by atoms with Crippen LogP contribution >= 0.6 is 11.3 Å². The molecule has 0 radical (unpaired) electrons. The lowest BCUT2D eigenvalue weighted by Crippen LogP contribution is -2.16. The first-order valence-electron chi connectivity index (χ1n) is 6.72. The van der Waals surface area contributed by atoms with E-state index in [4.69, 9.17) is 0 Å². The molecule has 1 atom stereocenters. The fraction of sp³-hybridized carbons (Fsp3) is 0.176. The van der Waals surface area contributed by atoms with Crippen LogP contribution in [0.1, 0.15) is 23.4 Å². The third-order valence-electron chi connectivity index (χ3n) is 3.42. The van der Waals surface area contributed by atoms with Crippen molar-refractivity contribution in [3.63, 3.8) is 0 Å². The molecule has 1 aromatic heterocycles. The molecule has 2 N–H and O–H groups in total. The summed E-state index contributed by atoms with van der Waals surface area (Å²) in [5.41, 5.74) is 1.18. The Hall–Kier alpha value is -1.84. The van der Waals surface area contributed by atoms with Crippen molar-refractivity contribution in [3.05, 3.63) is 65.0 Å². The SMILES string of the molecule is CC(NCc1ccc(O)cc1)c1cc2ccccc2s1. The summed E-state index contributed by atoms with van der Waals surface area (Å²) in [5.74, 6) is 0.311. The van der Waals surface area contributed by atoms with Crippen LogP contribution in [0.3, 0.4) is 0 Å². The molecule has 1 unspecified atom stereocenters. The monoisotopic (exact) mass is 283 g/mol. The van der Waals surface area contributed by atoms with Gasteiger partial charge in [0.15, 0.2) is 0 Å². The third-order valence-corrected chi connectivity index (χ3v) is 4.72. The second kappa shape index (κ2) is 5.65. The highest BCUT2D eigenvalue weighted by atomic mass is 32.1. The Kier molecular flexibility index (Phi) is 3.72. The molecule has 3 aromatic rings. The Morgan fingerprint density at radius 1 is 1.10 bits per heavy atom. The van der Waals surface area contributed by atoms with E-state index in [1.165, 1.54) is 20.5 Å². The fourth-order valence-electron chi connectivity index (χ4n) is 2.20. The maximum atomic E-state index is 9.27. The van der Waals surface area contributed by atoms with Crippen molar-refractivity contribution in [2.24, 2.45) is 0 Å². The number of rotatable bonds is 4. The molecule has 2 nitrogen and oxygen atoms in total. The first-order chi connectivity index (χ1) is 9.72. The van der Waals surface area contributed by atoms with E-state index in [0.29, 0.717) is 11.8 Å². The Balaban J connectivity index is 1.69. The van der Waals surface area contributed by atoms with Gasteiger partial charge in [-0.2, -0.15) is 0 Å². The number of aromatic hydroxyl groups is 1. The van der Waals surface area contributed by atoms with Gasteiger partial charge in [-0.15, -0.1) is 11.3 Å². The highest BCUT2D eigenvalue weighted by Gasteiger charge is 2.08. The molecule has 0 bridgehead atoms. The number of thiophene rings is 1. The summed E-state index contributed by atoms with van der Waals surface area (Å²) in [7, 11) is 0. The van der Waals surface area contributed by atoms with Gasteiger partial charge >= 0.3 is 0 Å². The minimum absolute atomic E-state index is 0.311. The smallest absolute Gasteiger partial charge is 0.115 e. The van der Waals surface area contributed by atoms with Gasteiger partial charge in [0.2, 0.25) is 0 Å². The van der Waals surface area contributed by atoms with Crippen molar-refractivity contribution in [3.8, 4) is 5.75 Å². The van der Waals surface area contributed by atoms with Crippen LogP contribution in [0.5, 0.6) is 5.75 Å². The Labute approximate surface area is 122 Å². The van der Waals surface area contributed by atoms with Gasteiger partial charge in [-0.1, -0.05) is 30.3 Å². The lowest BCUT2D eigenvalue weighted by atomic mass is 10.2. The summed E-state index contributed by atoms with van der Waals surface area (Å²) < 4.78 is 1.33. The summed E-state index contributed by atoms with van der Waals surface area (Å²) in [6.07, 6.45) is 0. The van der Waals surface area contributed by atoms with E-state index in [1.54, 1.807) is 12.1 Å². The quantitative estimate of drug-likeness (QED) is 0.741. The predicted octanol–water partition coefficient (Wildman–Crippen LogP) is 4.46. The van der Waals surface area contributed by atoms with E-state index in [-0.39, 0.29) is 0 Å². The van der Waals surface area contributed by atoms with Gasteiger partial charge in [0, 0.05) is 22.2 Å². The van der Waals surface area contributed by atoms with Crippen LogP contribution in [-0.2, 0) is 6.54 Å². The van der Waals surface area contributed by atoms with Crippen molar-refractivity contribution in [2.45, 2.75) is 19.5 Å². The molecule has 20 heavy (non-hydrogen) atoms. The molecule has 2 aromatic carbocycles. The van der Waals surface area contributed by atoms with Gasteiger partial charge in [-0.3, -0.25) is 0 Å². The highest BCUT2D eigenvalue weighted by molar-refractivity contribution is 7.19. The van der Waals surface area contributed by atoms with Crippen molar-refractivity contribution < 1.29 is 5.11 Å². The van der Waals surface area contributed by atoms with Gasteiger partial charge in [0.05, 0.1) is 0 Å². The Morgan fingerprint density at radius 2 is 1.85 bits per heavy atom. The van der Waals surface area contributed by atoms with Crippen molar-refractivity contribution >= 4 is 21.4 Å². The standard InChI is InChI=1S/C17H17NOS/c1-12(18-11-13-6-8-15(19)9-7-13)17-10-14-4-2-3-5-16(14)20-17/h2-10,12,18-19H,11H2,1H3. The molecule has 3 heteroatoms. The molecular formula is C17H17NOS. The molecule has 0 saturated heterocycles. The van der Waals surface area contributed by atoms with E-state index in [1.807, 2.05) is 23.5 Å². The van der Waals surface area contributed by atoms with Gasteiger partial charge in [-0.25, -0.2) is 0 Å². The summed E-state index contributed by atoms with van der Waals surface area (Å²) in [5, 5.41) is 14.1. The molecule has 1 heterocycles. The zero-order valence-electron chi connectivity index (χ0n) is 11.3. The first-order valence-corrected chi connectivity index (χ1v) is 7.54. The molecule has 102 valence electrons. The van der Waals surface area contributed by atoms with E-state index < -0.39 is 0 Å². The van der Waals surface area contributed by atoms with E-state index in [9.17, 15) is 5.11 Å². The minimum Gasteiger partial charge on any atom is -0.508 e. The average molecular weight is 283 g/mol. The number of phenolic OH excluding ortho intramolecular Hbond substituents is 1. The molecule has 3 rings (SSSR count). The second-order valence-corrected chi connectivity index (χ2v) is 6.07. The lowest BCUT2D eigenvalue weighted by Gasteiger charge is -2.12. The Bertz CT molecular complexity index is 669. The summed E-state index contributed by atoms with van der Waals surface area (Å²) in [6.45, 7) is 2.99. The summed E-state index contributed by atoms with van der Waals surface area (Å²) in [4.78, 5) is 1.35. The predicted molar refractivity (Wildman–Crippen MR) is 85.2 cm³/mol. The minimum atomic E-state index is 0.311. The topological polar surface area (TPSA) is 32.3 Å². The normalized spacial score (nSPS) is 12.7. The van der Waals surface area contributed by atoms with E-state index in [2.05, 4.69) is 42.6 Å². The summed E-state index contributed by atoms with van der Waals surface area (Å²) >= 11 is 1.84. The van der Waals surface area contributed by atoms with Crippen LogP contribution in [0.4, 0.5) is 0 Å². The fourth-order valence-corrected chi connectivity index (χ4v) is 3.29. The van der Waals surface area contributed by atoms with Gasteiger partial charge in [0.1, 0.15) is 5.75 Å². The van der Waals surface area contributed by atoms with E-state index in [0.717, 1.165) is 6.54 Å². The second-order valence-electron chi connectivity index (χ2n) is 4.96. The average Bonchev–Trinajstić information content (AvgIpc) is 2.90. The highest BCUT2D eigenvalue weighted by Crippen LogP contribution is 2.29. The van der Waals surface area contributed by atoms with Gasteiger partial charge in [0.25, 0.3) is 0 Å². The van der Waals surface area contributed by atoms with Crippen LogP contribution in [0.15, 0.2) is 54.6 Å². The van der Waals surface area contributed by atoms with Crippen LogP contribution in [0.2, 0.25) is 0 Å². The molecule has 0 fully saturated rings. The number of nitrogens with one attached hydrogen (secondary N) is 1. The van der Waals surface area contributed by atoms with Crippen LogP contribution in [0, 0.1) is 0 Å². The van der Waals surface area contributed by atoms with Crippen LogP contribution < -0.4 is 5.32 Å². The lowest BCUT2D eigenvalue weighted by molar-refractivity contribution is 0.475. The largest absolute Gasteiger partial charge is 0.508 e. The molecule has 0 aliphatic carbocycles. The number of hydrogen-bond donors (Lipinski definition) is 2. The zero-order valence-corrected chi connectivity index (χ0v) is 12.2. The number of fused-ring (bicyclic) bond motifs is 1. The van der Waals surface area contributed by atoms with Crippen molar-refractivity contribution in [1.29, 1.82) is 0 Å². The van der Waals surface area contributed by atoms with Gasteiger partial charge < -0.3 is 10.4 Å². The number of benzene rings is 2. The maximum absolute atomic E-state index is 9.27. The number of phenols is 1. The van der Waals surface area contributed by atoms with E-state index >= 15 is 0 Å². The Morgan fingerprint density at radius 3 is 2.60 bits per heavy atom. The first kappa shape index (κ1) is 13.2.